The summed E-state index contributed by atoms with van der Waals surface area (Å²) in [6.45, 7) is 9.44. The van der Waals surface area contributed by atoms with E-state index in [9.17, 15) is 4.79 Å². The van der Waals surface area contributed by atoms with Crippen molar-refractivity contribution >= 4 is 5.97 Å². The Morgan fingerprint density at radius 1 is 1.23 bits per heavy atom. The number of likely N-dealkylation sites (tertiary alicyclic amines) is 1. The van der Waals surface area contributed by atoms with E-state index >= 15 is 0 Å². The Balaban J connectivity index is 1.70. The van der Waals surface area contributed by atoms with Gasteiger partial charge in [-0.15, -0.1) is 0 Å². The predicted molar refractivity (Wildman–Crippen MR) is 87.7 cm³/mol. The van der Waals surface area contributed by atoms with E-state index in [1.165, 1.54) is 38.5 Å². The van der Waals surface area contributed by atoms with Gasteiger partial charge in [0.15, 0.2) is 0 Å². The molecule has 1 heterocycles. The Hall–Kier alpha value is -1.35. The zero-order chi connectivity index (χ0) is 16.0. The SMILES string of the molecule is COC(=O)c1ccc(CN2C[C@@]3(C)C[C@H]2CC(C)(C)C3)cc1. The van der Waals surface area contributed by atoms with Crippen LogP contribution in [0.3, 0.4) is 0 Å². The Bertz CT molecular complexity index is 563. The normalized spacial score (nSPS) is 30.3. The number of ether oxygens (including phenoxy) is 1. The van der Waals surface area contributed by atoms with Crippen LogP contribution >= 0.6 is 0 Å². The van der Waals surface area contributed by atoms with Gasteiger partial charge >= 0.3 is 5.97 Å². The summed E-state index contributed by atoms with van der Waals surface area (Å²) in [6, 6.07) is 8.56. The third-order valence-electron chi connectivity index (χ3n) is 5.28. The quantitative estimate of drug-likeness (QED) is 0.794. The van der Waals surface area contributed by atoms with Crippen molar-refractivity contribution < 1.29 is 9.53 Å². The molecule has 1 aromatic carbocycles. The van der Waals surface area contributed by atoms with Crippen molar-refractivity contribution in [3.8, 4) is 0 Å². The first-order valence-electron chi connectivity index (χ1n) is 8.22. The second kappa shape index (κ2) is 5.38. The summed E-state index contributed by atoms with van der Waals surface area (Å²) < 4.78 is 4.75. The van der Waals surface area contributed by atoms with E-state index in [0.717, 1.165) is 6.54 Å². The first-order valence-corrected chi connectivity index (χ1v) is 8.22. The summed E-state index contributed by atoms with van der Waals surface area (Å²) in [5, 5.41) is 0. The molecule has 1 saturated heterocycles. The Morgan fingerprint density at radius 3 is 2.55 bits per heavy atom. The Labute approximate surface area is 133 Å². The molecule has 0 unspecified atom stereocenters. The molecule has 0 spiro atoms. The minimum Gasteiger partial charge on any atom is -0.465 e. The van der Waals surface area contributed by atoms with Gasteiger partial charge in [-0.3, -0.25) is 4.90 Å². The minimum absolute atomic E-state index is 0.266. The summed E-state index contributed by atoms with van der Waals surface area (Å²) in [6.07, 6.45) is 3.95. The summed E-state index contributed by atoms with van der Waals surface area (Å²) in [5.74, 6) is -0.266. The monoisotopic (exact) mass is 301 g/mol. The highest BCUT2D eigenvalue weighted by molar-refractivity contribution is 5.89. The summed E-state index contributed by atoms with van der Waals surface area (Å²) >= 11 is 0. The molecule has 0 N–H and O–H groups in total. The third-order valence-corrected chi connectivity index (χ3v) is 5.28. The van der Waals surface area contributed by atoms with Gasteiger partial charge in [-0.1, -0.05) is 32.9 Å². The van der Waals surface area contributed by atoms with Gasteiger partial charge in [-0.05, 0) is 47.8 Å². The zero-order valence-electron chi connectivity index (χ0n) is 14.2. The van der Waals surface area contributed by atoms with Crippen molar-refractivity contribution in [1.29, 1.82) is 0 Å². The smallest absolute Gasteiger partial charge is 0.337 e. The summed E-state index contributed by atoms with van der Waals surface area (Å²) in [7, 11) is 1.42. The largest absolute Gasteiger partial charge is 0.465 e. The number of benzene rings is 1. The fourth-order valence-corrected chi connectivity index (χ4v) is 4.86. The van der Waals surface area contributed by atoms with Crippen LogP contribution in [-0.4, -0.2) is 30.6 Å². The molecule has 2 atom stereocenters. The molecule has 1 aromatic rings. The van der Waals surface area contributed by atoms with Crippen molar-refractivity contribution in [2.75, 3.05) is 13.7 Å². The van der Waals surface area contributed by atoms with E-state index in [0.29, 0.717) is 22.4 Å². The molecule has 0 aromatic heterocycles. The number of hydrogen-bond acceptors (Lipinski definition) is 3. The predicted octanol–water partition coefficient (Wildman–Crippen LogP) is 3.87. The lowest BCUT2D eigenvalue weighted by Gasteiger charge is -2.40. The highest BCUT2D eigenvalue weighted by Gasteiger charge is 2.49. The van der Waals surface area contributed by atoms with Crippen LogP contribution < -0.4 is 0 Å². The Morgan fingerprint density at radius 2 is 1.91 bits per heavy atom. The number of hydrogen-bond donors (Lipinski definition) is 0. The Kier molecular flexibility index (Phi) is 3.80. The van der Waals surface area contributed by atoms with Crippen molar-refractivity contribution in [2.45, 2.75) is 52.6 Å². The molecule has 2 bridgehead atoms. The first kappa shape index (κ1) is 15.5. The van der Waals surface area contributed by atoms with E-state index in [-0.39, 0.29) is 5.97 Å². The number of carbonyl (C=O) groups is 1. The van der Waals surface area contributed by atoms with Gasteiger partial charge in [-0.25, -0.2) is 4.79 Å². The molecule has 0 radical (unpaired) electrons. The molecule has 1 aliphatic carbocycles. The maximum absolute atomic E-state index is 11.5. The number of nitrogens with zero attached hydrogens (tertiary/aromatic N) is 1. The molecular weight excluding hydrogens is 274 g/mol. The molecule has 1 saturated carbocycles. The lowest BCUT2D eigenvalue weighted by Crippen LogP contribution is -2.34. The molecule has 1 aliphatic heterocycles. The van der Waals surface area contributed by atoms with Crippen LogP contribution in [0, 0.1) is 10.8 Å². The van der Waals surface area contributed by atoms with E-state index in [1.54, 1.807) is 0 Å². The maximum atomic E-state index is 11.5. The molecule has 120 valence electrons. The first-order chi connectivity index (χ1) is 10.3. The van der Waals surface area contributed by atoms with Gasteiger partial charge in [0.05, 0.1) is 12.7 Å². The van der Waals surface area contributed by atoms with Crippen LogP contribution in [0.2, 0.25) is 0 Å². The second-order valence-corrected chi connectivity index (χ2v) is 8.31. The lowest BCUT2D eigenvalue weighted by molar-refractivity contribution is 0.0600. The zero-order valence-corrected chi connectivity index (χ0v) is 14.2. The molecule has 22 heavy (non-hydrogen) atoms. The van der Waals surface area contributed by atoms with E-state index < -0.39 is 0 Å². The molecule has 0 amide bonds. The van der Waals surface area contributed by atoms with Crippen LogP contribution in [0.25, 0.3) is 0 Å². The number of esters is 1. The van der Waals surface area contributed by atoms with Crippen LogP contribution in [0.15, 0.2) is 24.3 Å². The average Bonchev–Trinajstić information content (AvgIpc) is 2.67. The summed E-state index contributed by atoms with van der Waals surface area (Å²) in [4.78, 5) is 14.1. The average molecular weight is 301 g/mol. The van der Waals surface area contributed by atoms with E-state index in [4.69, 9.17) is 4.74 Å². The van der Waals surface area contributed by atoms with Gasteiger partial charge in [0.25, 0.3) is 0 Å². The van der Waals surface area contributed by atoms with Crippen LogP contribution in [0.1, 0.15) is 56.0 Å². The molecule has 2 fully saturated rings. The number of methoxy groups -OCH3 is 1. The summed E-state index contributed by atoms with van der Waals surface area (Å²) in [5.41, 5.74) is 2.83. The van der Waals surface area contributed by atoms with Gasteiger partial charge in [0, 0.05) is 19.1 Å². The number of carbonyl (C=O) groups excluding carboxylic acids is 1. The lowest BCUT2D eigenvalue weighted by atomic mass is 9.65. The topological polar surface area (TPSA) is 29.5 Å². The maximum Gasteiger partial charge on any atom is 0.337 e. The standard InChI is InChI=1S/C19H27NO2/c1-18(2)9-16-10-19(3,12-18)13-20(16)11-14-5-7-15(8-6-14)17(21)22-4/h5-8,16H,9-13H2,1-4H3/t16-,19+/m1/s1. The molecule has 3 rings (SSSR count). The van der Waals surface area contributed by atoms with Crippen molar-refractivity contribution in [2.24, 2.45) is 10.8 Å². The highest BCUT2D eigenvalue weighted by Crippen LogP contribution is 2.52. The molecule has 2 aliphatic rings. The second-order valence-electron chi connectivity index (χ2n) is 8.31. The van der Waals surface area contributed by atoms with Gasteiger partial charge in [0.1, 0.15) is 0 Å². The number of rotatable bonds is 3. The highest BCUT2D eigenvalue weighted by atomic mass is 16.5. The minimum atomic E-state index is -0.266. The molecule has 3 nitrogen and oxygen atoms in total. The number of fused-ring (bicyclic) bond motifs is 2. The van der Waals surface area contributed by atoms with E-state index in [2.05, 4.69) is 37.8 Å². The molecule has 3 heteroatoms. The van der Waals surface area contributed by atoms with Crippen molar-refractivity contribution in [1.82, 2.24) is 4.90 Å². The van der Waals surface area contributed by atoms with Gasteiger partial charge in [-0.2, -0.15) is 0 Å². The van der Waals surface area contributed by atoms with Gasteiger partial charge < -0.3 is 4.74 Å². The molecular formula is C19H27NO2. The fraction of sp³-hybridized carbons (Fsp3) is 0.632. The van der Waals surface area contributed by atoms with Crippen molar-refractivity contribution in [3.05, 3.63) is 35.4 Å². The fourth-order valence-electron chi connectivity index (χ4n) is 4.86. The van der Waals surface area contributed by atoms with Crippen LogP contribution in [0.4, 0.5) is 0 Å². The van der Waals surface area contributed by atoms with Crippen LogP contribution in [-0.2, 0) is 11.3 Å². The third kappa shape index (κ3) is 3.05. The van der Waals surface area contributed by atoms with E-state index in [1.807, 2.05) is 12.1 Å². The van der Waals surface area contributed by atoms with Crippen molar-refractivity contribution in [3.63, 3.8) is 0 Å². The van der Waals surface area contributed by atoms with Crippen LogP contribution in [0.5, 0.6) is 0 Å². The van der Waals surface area contributed by atoms with Gasteiger partial charge in [0.2, 0.25) is 0 Å².